The molecule has 0 aromatic carbocycles. The van der Waals surface area contributed by atoms with Crippen LogP contribution in [0.15, 0.2) is 24.4 Å². The van der Waals surface area contributed by atoms with Gasteiger partial charge in [-0.05, 0) is 24.8 Å². The lowest BCUT2D eigenvalue weighted by Crippen LogP contribution is -2.46. The number of hydrogen-bond acceptors (Lipinski definition) is 3. The highest BCUT2D eigenvalue weighted by atomic mass is 16.5. The largest absolute Gasteiger partial charge is 0.472 e. The number of amides is 1. The normalized spacial score (nSPS) is 30.6. The van der Waals surface area contributed by atoms with Crippen molar-refractivity contribution in [2.75, 3.05) is 6.54 Å². The van der Waals surface area contributed by atoms with E-state index in [4.69, 9.17) is 9.84 Å². The lowest BCUT2D eigenvalue weighted by atomic mass is 10.1. The smallest absolute Gasteiger partial charge is 0.407 e. The van der Waals surface area contributed by atoms with Crippen LogP contribution < -0.4 is 4.74 Å². The zero-order chi connectivity index (χ0) is 11.8. The van der Waals surface area contributed by atoms with Gasteiger partial charge >= 0.3 is 6.09 Å². The van der Waals surface area contributed by atoms with Gasteiger partial charge in [-0.2, -0.15) is 0 Å². The van der Waals surface area contributed by atoms with E-state index in [2.05, 4.69) is 4.98 Å². The maximum Gasteiger partial charge on any atom is 0.407 e. The van der Waals surface area contributed by atoms with E-state index in [-0.39, 0.29) is 12.1 Å². The van der Waals surface area contributed by atoms with Gasteiger partial charge in [0.25, 0.3) is 0 Å². The molecule has 3 rings (SSSR count). The van der Waals surface area contributed by atoms with Crippen LogP contribution in [0.3, 0.4) is 0 Å². The first-order chi connectivity index (χ1) is 8.24. The highest BCUT2D eigenvalue weighted by Gasteiger charge is 2.48. The van der Waals surface area contributed by atoms with Crippen molar-refractivity contribution in [3.8, 4) is 5.88 Å². The second-order valence-electron chi connectivity index (χ2n) is 4.66. The van der Waals surface area contributed by atoms with E-state index in [0.29, 0.717) is 18.3 Å². The van der Waals surface area contributed by atoms with Crippen LogP contribution in [0.4, 0.5) is 4.79 Å². The molecule has 1 aliphatic heterocycles. The number of aromatic nitrogens is 1. The molecule has 1 saturated heterocycles. The van der Waals surface area contributed by atoms with Gasteiger partial charge in [0.05, 0.1) is 6.04 Å². The Morgan fingerprint density at radius 3 is 3.00 bits per heavy atom. The zero-order valence-electron chi connectivity index (χ0n) is 9.32. The van der Waals surface area contributed by atoms with E-state index >= 15 is 0 Å². The second kappa shape index (κ2) is 3.91. The van der Waals surface area contributed by atoms with Crippen molar-refractivity contribution < 1.29 is 14.6 Å². The Morgan fingerprint density at radius 1 is 1.47 bits per heavy atom. The van der Waals surface area contributed by atoms with Gasteiger partial charge in [-0.3, -0.25) is 0 Å². The second-order valence-corrected chi connectivity index (χ2v) is 4.66. The molecule has 1 aromatic heterocycles. The van der Waals surface area contributed by atoms with Crippen molar-refractivity contribution in [1.82, 2.24) is 9.88 Å². The molecule has 2 bridgehead atoms. The molecular weight excluding hydrogens is 220 g/mol. The lowest BCUT2D eigenvalue weighted by Gasteiger charge is -2.30. The van der Waals surface area contributed by atoms with E-state index in [0.717, 1.165) is 12.8 Å². The molecule has 2 fully saturated rings. The summed E-state index contributed by atoms with van der Waals surface area (Å²) in [4.78, 5) is 16.7. The summed E-state index contributed by atoms with van der Waals surface area (Å²) in [6.07, 6.45) is 2.65. The molecule has 5 heteroatoms. The predicted molar refractivity (Wildman–Crippen MR) is 59.9 cm³/mol. The fourth-order valence-corrected chi connectivity index (χ4v) is 2.88. The summed E-state index contributed by atoms with van der Waals surface area (Å²) in [6.45, 7) is 0.655. The molecule has 0 radical (unpaired) electrons. The summed E-state index contributed by atoms with van der Waals surface area (Å²) in [5.74, 6) is 1.03. The molecule has 2 heterocycles. The SMILES string of the molecule is O=C(O)N1C[C@H]2C[C@@H](Oc3ccccn3)[C@@H]1C2. The zero-order valence-corrected chi connectivity index (χ0v) is 9.32. The highest BCUT2D eigenvalue weighted by molar-refractivity contribution is 5.66. The van der Waals surface area contributed by atoms with Gasteiger partial charge in [0, 0.05) is 18.8 Å². The van der Waals surface area contributed by atoms with Crippen molar-refractivity contribution in [3.05, 3.63) is 24.4 Å². The number of pyridine rings is 1. The third-order valence-corrected chi connectivity index (χ3v) is 3.58. The molecule has 1 aromatic rings. The molecule has 1 aliphatic carbocycles. The fraction of sp³-hybridized carbons (Fsp3) is 0.500. The van der Waals surface area contributed by atoms with E-state index in [1.807, 2.05) is 12.1 Å². The Balaban J connectivity index is 1.72. The molecule has 90 valence electrons. The molecule has 5 nitrogen and oxygen atoms in total. The average molecular weight is 234 g/mol. The first-order valence-corrected chi connectivity index (χ1v) is 5.81. The van der Waals surface area contributed by atoms with Gasteiger partial charge in [0.2, 0.25) is 5.88 Å². The molecule has 1 saturated carbocycles. The van der Waals surface area contributed by atoms with Gasteiger partial charge in [-0.25, -0.2) is 9.78 Å². The van der Waals surface area contributed by atoms with Crippen LogP contribution >= 0.6 is 0 Å². The molecule has 1 N–H and O–H groups in total. The lowest BCUT2D eigenvalue weighted by molar-refractivity contribution is 0.0662. The Hall–Kier alpha value is -1.78. The average Bonchev–Trinajstić information content (AvgIpc) is 2.89. The monoisotopic (exact) mass is 234 g/mol. The summed E-state index contributed by atoms with van der Waals surface area (Å²) in [7, 11) is 0. The predicted octanol–water partition coefficient (Wildman–Crippen LogP) is 1.60. The number of carboxylic acid groups (broad SMARTS) is 1. The molecular formula is C12H14N2O3. The van der Waals surface area contributed by atoms with Gasteiger partial charge in [-0.1, -0.05) is 6.07 Å². The maximum atomic E-state index is 11.0. The van der Waals surface area contributed by atoms with E-state index in [9.17, 15) is 4.79 Å². The van der Waals surface area contributed by atoms with Crippen LogP contribution in [-0.4, -0.2) is 39.8 Å². The number of hydrogen-bond donors (Lipinski definition) is 1. The summed E-state index contributed by atoms with van der Waals surface area (Å²) < 4.78 is 5.77. The van der Waals surface area contributed by atoms with Crippen LogP contribution in [0.1, 0.15) is 12.8 Å². The standard InChI is InChI=1S/C12H14N2O3/c15-12(16)14-7-8-5-9(14)10(6-8)17-11-3-1-2-4-13-11/h1-4,8-10H,5-7H2,(H,15,16)/t8-,9+,10-/m1/s1. The van der Waals surface area contributed by atoms with E-state index in [1.54, 1.807) is 12.3 Å². The summed E-state index contributed by atoms with van der Waals surface area (Å²) in [6, 6.07) is 5.50. The van der Waals surface area contributed by atoms with Crippen LogP contribution in [0, 0.1) is 5.92 Å². The first kappa shape index (κ1) is 10.4. The number of rotatable bonds is 2. The molecule has 1 amide bonds. The Bertz CT molecular complexity index is 423. The summed E-state index contributed by atoms with van der Waals surface area (Å²) in [5, 5.41) is 9.07. The number of carbonyl (C=O) groups is 1. The van der Waals surface area contributed by atoms with Crippen molar-refractivity contribution in [1.29, 1.82) is 0 Å². The number of piperidine rings is 1. The molecule has 3 atom stereocenters. The van der Waals surface area contributed by atoms with Gasteiger partial charge in [-0.15, -0.1) is 0 Å². The fourth-order valence-electron chi connectivity index (χ4n) is 2.88. The van der Waals surface area contributed by atoms with E-state index < -0.39 is 6.09 Å². The van der Waals surface area contributed by atoms with Crippen LogP contribution in [0.25, 0.3) is 0 Å². The topological polar surface area (TPSA) is 62.7 Å². The van der Waals surface area contributed by atoms with Gasteiger partial charge < -0.3 is 14.7 Å². The number of fused-ring (bicyclic) bond motifs is 2. The summed E-state index contributed by atoms with van der Waals surface area (Å²) in [5.41, 5.74) is 0. The number of likely N-dealkylation sites (tertiary alicyclic amines) is 1. The van der Waals surface area contributed by atoms with Crippen molar-refractivity contribution in [3.63, 3.8) is 0 Å². The molecule has 17 heavy (non-hydrogen) atoms. The van der Waals surface area contributed by atoms with Crippen LogP contribution in [0.5, 0.6) is 5.88 Å². The third kappa shape index (κ3) is 1.81. The minimum absolute atomic E-state index is 0.000457. The highest BCUT2D eigenvalue weighted by Crippen LogP contribution is 2.39. The van der Waals surface area contributed by atoms with Crippen LogP contribution in [0.2, 0.25) is 0 Å². The molecule has 0 unspecified atom stereocenters. The number of nitrogens with zero attached hydrogens (tertiary/aromatic N) is 2. The van der Waals surface area contributed by atoms with Crippen molar-refractivity contribution in [2.45, 2.75) is 25.0 Å². The Labute approximate surface area is 99.0 Å². The Morgan fingerprint density at radius 2 is 2.35 bits per heavy atom. The Kier molecular flexibility index (Phi) is 2.39. The van der Waals surface area contributed by atoms with E-state index in [1.165, 1.54) is 4.90 Å². The third-order valence-electron chi connectivity index (χ3n) is 3.58. The maximum absolute atomic E-state index is 11.0. The molecule has 2 aliphatic rings. The minimum atomic E-state index is -0.841. The van der Waals surface area contributed by atoms with Crippen LogP contribution in [-0.2, 0) is 0 Å². The quantitative estimate of drug-likeness (QED) is 0.844. The van der Waals surface area contributed by atoms with Crippen molar-refractivity contribution in [2.24, 2.45) is 5.92 Å². The van der Waals surface area contributed by atoms with Gasteiger partial charge in [0.1, 0.15) is 6.10 Å². The first-order valence-electron chi connectivity index (χ1n) is 5.81. The minimum Gasteiger partial charge on any atom is -0.472 e. The molecule has 0 spiro atoms. The number of ether oxygens (including phenoxy) is 1. The van der Waals surface area contributed by atoms with Gasteiger partial charge in [0.15, 0.2) is 0 Å². The van der Waals surface area contributed by atoms with Crippen molar-refractivity contribution >= 4 is 6.09 Å². The summed E-state index contributed by atoms with van der Waals surface area (Å²) >= 11 is 0.